The summed E-state index contributed by atoms with van der Waals surface area (Å²) in [4.78, 5) is 16.7. The van der Waals surface area contributed by atoms with E-state index in [0.717, 1.165) is 12.8 Å². The maximum absolute atomic E-state index is 11.6. The van der Waals surface area contributed by atoms with Crippen LogP contribution in [0.15, 0.2) is 0 Å². The van der Waals surface area contributed by atoms with Crippen LogP contribution in [0.1, 0.15) is 45.4 Å². The van der Waals surface area contributed by atoms with Crippen molar-refractivity contribution in [3.05, 3.63) is 5.21 Å². The molecule has 0 unspecified atom stereocenters. The van der Waals surface area contributed by atoms with E-state index in [1.165, 1.54) is 19.3 Å². The first-order chi connectivity index (χ1) is 9.13. The number of ether oxygens (including phenoxy) is 1. The van der Waals surface area contributed by atoms with Gasteiger partial charge in [0, 0.05) is 0 Å². The van der Waals surface area contributed by atoms with E-state index >= 15 is 0 Å². The average Bonchev–Trinajstić information content (AvgIpc) is 2.66. The van der Waals surface area contributed by atoms with E-state index in [4.69, 9.17) is 9.57 Å². The summed E-state index contributed by atoms with van der Waals surface area (Å²) in [5, 5.41) is 21.6. The SMILES string of the molecule is CCOC(=O)C1=[N+]([O-])O[C@@H](CC2CCCCC2)[C@H]1O. The molecule has 0 aromatic carbocycles. The van der Waals surface area contributed by atoms with Gasteiger partial charge in [-0.3, -0.25) is 5.21 Å². The Kier molecular flexibility index (Phi) is 4.63. The van der Waals surface area contributed by atoms with Gasteiger partial charge >= 0.3 is 11.7 Å². The number of aliphatic hydroxyl groups is 1. The Morgan fingerprint density at radius 3 is 2.79 bits per heavy atom. The predicted molar refractivity (Wildman–Crippen MR) is 67.3 cm³/mol. The van der Waals surface area contributed by atoms with Crippen molar-refractivity contribution in [1.29, 1.82) is 0 Å². The van der Waals surface area contributed by atoms with Crippen molar-refractivity contribution in [3.63, 3.8) is 0 Å². The molecule has 0 bridgehead atoms. The summed E-state index contributed by atoms with van der Waals surface area (Å²) < 4.78 is 4.75. The summed E-state index contributed by atoms with van der Waals surface area (Å²) >= 11 is 0. The molecule has 1 aliphatic carbocycles. The summed E-state index contributed by atoms with van der Waals surface area (Å²) in [7, 11) is 0. The van der Waals surface area contributed by atoms with Crippen molar-refractivity contribution in [1.82, 2.24) is 0 Å². The van der Waals surface area contributed by atoms with Crippen molar-refractivity contribution >= 4 is 11.7 Å². The summed E-state index contributed by atoms with van der Waals surface area (Å²) in [6.45, 7) is 1.81. The van der Waals surface area contributed by atoms with Crippen LogP contribution in [-0.2, 0) is 14.4 Å². The van der Waals surface area contributed by atoms with E-state index in [0.29, 0.717) is 12.3 Å². The highest BCUT2D eigenvalue weighted by Crippen LogP contribution is 2.30. The summed E-state index contributed by atoms with van der Waals surface area (Å²) in [6.07, 6.45) is 4.62. The van der Waals surface area contributed by atoms with E-state index in [1.54, 1.807) is 6.92 Å². The van der Waals surface area contributed by atoms with Crippen molar-refractivity contribution in [2.75, 3.05) is 6.61 Å². The van der Waals surface area contributed by atoms with E-state index in [1.807, 2.05) is 0 Å². The highest BCUT2D eigenvalue weighted by molar-refractivity contribution is 6.36. The van der Waals surface area contributed by atoms with Gasteiger partial charge in [0.2, 0.25) is 0 Å². The maximum atomic E-state index is 11.6. The first kappa shape index (κ1) is 14.1. The molecule has 6 nitrogen and oxygen atoms in total. The quantitative estimate of drug-likeness (QED) is 0.612. The normalized spacial score (nSPS) is 28.3. The molecule has 0 aromatic rings. The van der Waals surface area contributed by atoms with Crippen LogP contribution in [0.3, 0.4) is 0 Å². The second-order valence-corrected chi connectivity index (χ2v) is 5.19. The van der Waals surface area contributed by atoms with Gasteiger partial charge in [-0.25, -0.2) is 4.79 Å². The Balaban J connectivity index is 1.94. The smallest absolute Gasteiger partial charge is 0.408 e. The maximum Gasteiger partial charge on any atom is 0.408 e. The summed E-state index contributed by atoms with van der Waals surface area (Å²) in [6, 6.07) is 0. The number of esters is 1. The van der Waals surface area contributed by atoms with Gasteiger partial charge in [0.15, 0.2) is 6.10 Å². The highest BCUT2D eigenvalue weighted by atomic mass is 16.9. The van der Waals surface area contributed by atoms with Crippen molar-refractivity contribution < 1.29 is 24.4 Å². The number of carbonyl (C=O) groups excluding carboxylic acids is 1. The Hall–Kier alpha value is -1.30. The van der Waals surface area contributed by atoms with Crippen LogP contribution in [0.5, 0.6) is 0 Å². The second kappa shape index (κ2) is 6.23. The molecule has 2 atom stereocenters. The first-order valence-electron chi connectivity index (χ1n) is 6.99. The van der Waals surface area contributed by atoms with Crippen LogP contribution in [0.4, 0.5) is 0 Å². The fraction of sp³-hybridized carbons (Fsp3) is 0.846. The molecular formula is C13H21NO5. The fourth-order valence-corrected chi connectivity index (χ4v) is 2.85. The lowest BCUT2D eigenvalue weighted by molar-refractivity contribution is -0.740. The molecule has 1 heterocycles. The van der Waals surface area contributed by atoms with Gasteiger partial charge < -0.3 is 14.7 Å². The van der Waals surface area contributed by atoms with Crippen LogP contribution >= 0.6 is 0 Å². The van der Waals surface area contributed by atoms with Gasteiger partial charge in [0.25, 0.3) is 0 Å². The van der Waals surface area contributed by atoms with Crippen LogP contribution in [0, 0.1) is 11.1 Å². The van der Waals surface area contributed by atoms with E-state index in [9.17, 15) is 15.1 Å². The lowest BCUT2D eigenvalue weighted by Gasteiger charge is -2.25. The molecule has 108 valence electrons. The minimum Gasteiger partial charge on any atom is -0.458 e. The van der Waals surface area contributed by atoms with Gasteiger partial charge in [0.05, 0.1) is 11.5 Å². The third-order valence-electron chi connectivity index (χ3n) is 3.84. The minimum atomic E-state index is -1.18. The largest absolute Gasteiger partial charge is 0.458 e. The van der Waals surface area contributed by atoms with Crippen molar-refractivity contribution in [2.45, 2.75) is 57.7 Å². The van der Waals surface area contributed by atoms with E-state index in [2.05, 4.69) is 0 Å². The zero-order valence-corrected chi connectivity index (χ0v) is 11.2. The van der Waals surface area contributed by atoms with E-state index < -0.39 is 18.2 Å². The number of hydrogen-bond acceptors (Lipinski definition) is 5. The molecule has 1 saturated carbocycles. The second-order valence-electron chi connectivity index (χ2n) is 5.19. The Morgan fingerprint density at radius 2 is 2.16 bits per heavy atom. The monoisotopic (exact) mass is 271 g/mol. The predicted octanol–water partition coefficient (Wildman–Crippen LogP) is 1.15. The molecule has 1 N–H and O–H groups in total. The van der Waals surface area contributed by atoms with Gasteiger partial charge in [-0.15, -0.1) is 0 Å². The van der Waals surface area contributed by atoms with Crippen LogP contribution in [0.25, 0.3) is 0 Å². The number of nitrogens with zero attached hydrogens (tertiary/aromatic N) is 1. The molecule has 0 spiro atoms. The minimum absolute atomic E-state index is 0.121. The number of rotatable bonds is 4. The van der Waals surface area contributed by atoms with Gasteiger partial charge in [-0.2, -0.15) is 0 Å². The van der Waals surface area contributed by atoms with Crippen LogP contribution in [0.2, 0.25) is 0 Å². The van der Waals surface area contributed by atoms with Crippen LogP contribution < -0.4 is 0 Å². The number of hydrogen-bond donors (Lipinski definition) is 1. The molecule has 2 rings (SSSR count). The first-order valence-corrected chi connectivity index (χ1v) is 6.99. The lowest BCUT2D eigenvalue weighted by Crippen LogP contribution is -2.36. The molecule has 0 amide bonds. The molecule has 1 aliphatic heterocycles. The molecule has 0 saturated heterocycles. The Morgan fingerprint density at radius 1 is 1.47 bits per heavy atom. The fourth-order valence-electron chi connectivity index (χ4n) is 2.85. The molecule has 0 radical (unpaired) electrons. The van der Waals surface area contributed by atoms with Crippen molar-refractivity contribution in [2.24, 2.45) is 5.92 Å². The number of carbonyl (C=O) groups is 1. The third kappa shape index (κ3) is 3.18. The standard InChI is InChI=1S/C13H21NO5/c1-2-18-13(16)11-12(15)10(19-14(11)17)8-9-6-4-3-5-7-9/h9-10,12,15H,2-8H2,1H3/t10-,12+/m0/s1. The zero-order chi connectivity index (χ0) is 13.8. The van der Waals surface area contributed by atoms with Gasteiger partial charge in [0.1, 0.15) is 6.10 Å². The molecular weight excluding hydrogens is 250 g/mol. The Labute approximate surface area is 112 Å². The average molecular weight is 271 g/mol. The highest BCUT2D eigenvalue weighted by Gasteiger charge is 2.45. The lowest BCUT2D eigenvalue weighted by atomic mass is 9.84. The summed E-state index contributed by atoms with van der Waals surface area (Å²) in [5.74, 6) is -0.334. The molecule has 2 aliphatic rings. The van der Waals surface area contributed by atoms with Gasteiger partial charge in [-0.05, 0) is 19.3 Å². The molecule has 19 heavy (non-hydrogen) atoms. The molecule has 1 fully saturated rings. The molecule has 6 heteroatoms. The van der Waals surface area contributed by atoms with Crippen molar-refractivity contribution in [3.8, 4) is 0 Å². The van der Waals surface area contributed by atoms with Gasteiger partial charge in [-0.1, -0.05) is 32.1 Å². The topological polar surface area (TPSA) is 81.8 Å². The summed E-state index contributed by atoms with van der Waals surface area (Å²) in [5.41, 5.74) is -0.331. The number of aliphatic hydroxyl groups excluding tert-OH is 1. The molecule has 0 aromatic heterocycles. The third-order valence-corrected chi connectivity index (χ3v) is 3.84. The van der Waals surface area contributed by atoms with Crippen LogP contribution in [-0.4, -0.2) is 40.5 Å². The Bertz CT molecular complexity index is 362. The zero-order valence-electron chi connectivity index (χ0n) is 11.2. The van der Waals surface area contributed by atoms with E-state index in [-0.39, 0.29) is 17.2 Å².